The van der Waals surface area contributed by atoms with Gasteiger partial charge in [0, 0.05) is 11.1 Å². The minimum atomic E-state index is -0.973. The van der Waals surface area contributed by atoms with E-state index in [4.69, 9.17) is 9.52 Å². The third kappa shape index (κ3) is 2.04. The first kappa shape index (κ1) is 11.7. The zero-order chi connectivity index (χ0) is 13.4. The number of carboxylic acid groups (broad SMARTS) is 1. The van der Waals surface area contributed by atoms with Crippen molar-refractivity contribution < 1.29 is 14.3 Å². The molecule has 0 spiro atoms. The monoisotopic (exact) mass is 276 g/mol. The Balaban J connectivity index is 2.03. The first-order valence-electron chi connectivity index (χ1n) is 5.41. The van der Waals surface area contributed by atoms with Gasteiger partial charge in [-0.25, -0.2) is 14.6 Å². The predicted octanol–water partition coefficient (Wildman–Crippen LogP) is 1.80. The number of rotatable bonds is 3. The molecule has 0 bridgehead atoms. The lowest BCUT2D eigenvalue weighted by Gasteiger charge is -1.97. The van der Waals surface area contributed by atoms with Crippen LogP contribution in [0.15, 0.2) is 39.7 Å². The molecule has 0 aromatic carbocycles. The number of aromatic carboxylic acids is 1. The molecule has 0 saturated heterocycles. The van der Waals surface area contributed by atoms with E-state index >= 15 is 0 Å². The molecule has 0 atom stereocenters. The lowest BCUT2D eigenvalue weighted by Crippen LogP contribution is -2.14. The van der Waals surface area contributed by atoms with Gasteiger partial charge >= 0.3 is 11.7 Å². The van der Waals surface area contributed by atoms with Gasteiger partial charge in [0.05, 0.1) is 6.54 Å². The Hall–Kier alpha value is -2.41. The molecule has 0 aliphatic heterocycles. The molecule has 0 amide bonds. The van der Waals surface area contributed by atoms with E-state index < -0.39 is 11.7 Å². The van der Waals surface area contributed by atoms with Crippen molar-refractivity contribution >= 4 is 28.5 Å². The number of nitrogens with zero attached hydrogens (tertiary/aromatic N) is 2. The third-order valence-corrected chi connectivity index (χ3v) is 3.67. The van der Waals surface area contributed by atoms with Gasteiger partial charge in [-0.15, -0.1) is 11.3 Å². The standard InChI is InChI=1S/C12H8N2O4S/c15-11(16)9-4-3-7(19-9)6-14-10-8(18-12(14)17)2-1-5-13-10/h1-5H,6H2,(H,15,16). The van der Waals surface area contributed by atoms with E-state index in [9.17, 15) is 9.59 Å². The highest BCUT2D eigenvalue weighted by Gasteiger charge is 2.12. The Morgan fingerprint density at radius 3 is 3.00 bits per heavy atom. The van der Waals surface area contributed by atoms with Gasteiger partial charge in [0.15, 0.2) is 11.2 Å². The molecule has 3 rings (SSSR count). The van der Waals surface area contributed by atoms with Crippen molar-refractivity contribution in [3.63, 3.8) is 0 Å². The number of thiophene rings is 1. The topological polar surface area (TPSA) is 85.3 Å². The number of carbonyl (C=O) groups is 1. The van der Waals surface area contributed by atoms with Gasteiger partial charge in [-0.05, 0) is 24.3 Å². The molecular weight excluding hydrogens is 268 g/mol. The summed E-state index contributed by atoms with van der Waals surface area (Å²) in [6.45, 7) is 0.251. The lowest BCUT2D eigenvalue weighted by molar-refractivity contribution is 0.0702. The quantitative estimate of drug-likeness (QED) is 0.788. The van der Waals surface area contributed by atoms with Crippen LogP contribution in [0, 0.1) is 0 Å². The number of hydrogen-bond acceptors (Lipinski definition) is 5. The van der Waals surface area contributed by atoms with Crippen LogP contribution < -0.4 is 5.76 Å². The van der Waals surface area contributed by atoms with Crippen molar-refractivity contribution in [1.29, 1.82) is 0 Å². The molecule has 0 unspecified atom stereocenters. The van der Waals surface area contributed by atoms with Crippen LogP contribution in [0.1, 0.15) is 14.5 Å². The number of aromatic nitrogens is 2. The van der Waals surface area contributed by atoms with Crippen molar-refractivity contribution in [2.75, 3.05) is 0 Å². The normalized spacial score (nSPS) is 10.9. The first-order valence-corrected chi connectivity index (χ1v) is 6.23. The van der Waals surface area contributed by atoms with Gasteiger partial charge in [-0.3, -0.25) is 4.57 Å². The van der Waals surface area contributed by atoms with Crippen LogP contribution in [-0.4, -0.2) is 20.6 Å². The lowest BCUT2D eigenvalue weighted by atomic mass is 10.4. The fourth-order valence-corrected chi connectivity index (χ4v) is 2.61. The molecule has 3 aromatic rings. The van der Waals surface area contributed by atoms with Crippen LogP contribution in [0.2, 0.25) is 0 Å². The molecule has 0 fully saturated rings. The maximum absolute atomic E-state index is 11.7. The second kappa shape index (κ2) is 4.36. The minimum absolute atomic E-state index is 0.240. The predicted molar refractivity (Wildman–Crippen MR) is 68.6 cm³/mol. The van der Waals surface area contributed by atoms with E-state index in [0.717, 1.165) is 16.2 Å². The minimum Gasteiger partial charge on any atom is -0.477 e. The molecule has 0 aliphatic carbocycles. The number of oxazole rings is 1. The van der Waals surface area contributed by atoms with Crippen LogP contribution in [0.3, 0.4) is 0 Å². The summed E-state index contributed by atoms with van der Waals surface area (Å²) in [6, 6.07) is 6.55. The average Bonchev–Trinajstić information content (AvgIpc) is 2.96. The van der Waals surface area contributed by atoms with Crippen LogP contribution in [0.5, 0.6) is 0 Å². The summed E-state index contributed by atoms with van der Waals surface area (Å²) in [7, 11) is 0. The molecule has 1 N–H and O–H groups in total. The molecule has 19 heavy (non-hydrogen) atoms. The zero-order valence-electron chi connectivity index (χ0n) is 9.57. The smallest absolute Gasteiger partial charge is 0.421 e. The Bertz CT molecular complexity index is 814. The SMILES string of the molecule is O=C(O)c1ccc(Cn2c(=O)oc3cccnc32)s1. The number of hydrogen-bond donors (Lipinski definition) is 1. The highest BCUT2D eigenvalue weighted by molar-refractivity contribution is 7.13. The van der Waals surface area contributed by atoms with Gasteiger partial charge in [-0.1, -0.05) is 0 Å². The van der Waals surface area contributed by atoms with Crippen molar-refractivity contribution in [3.05, 3.63) is 50.8 Å². The Morgan fingerprint density at radius 1 is 1.42 bits per heavy atom. The van der Waals surface area contributed by atoms with Crippen LogP contribution in [0.4, 0.5) is 0 Å². The van der Waals surface area contributed by atoms with Crippen molar-refractivity contribution in [3.8, 4) is 0 Å². The Kier molecular flexibility index (Phi) is 2.68. The fourth-order valence-electron chi connectivity index (χ4n) is 1.77. The Labute approximate surface area is 110 Å². The summed E-state index contributed by atoms with van der Waals surface area (Å²) < 4.78 is 6.44. The summed E-state index contributed by atoms with van der Waals surface area (Å²) in [5, 5.41) is 8.86. The second-order valence-corrected chi connectivity index (χ2v) is 5.02. The summed E-state index contributed by atoms with van der Waals surface area (Å²) in [5.41, 5.74) is 0.875. The molecule has 0 saturated carbocycles. The van der Waals surface area contributed by atoms with E-state index in [1.165, 1.54) is 10.6 Å². The summed E-state index contributed by atoms with van der Waals surface area (Å²) in [5.74, 6) is -1.47. The van der Waals surface area contributed by atoms with Gasteiger partial charge in [0.2, 0.25) is 0 Å². The van der Waals surface area contributed by atoms with Crippen molar-refractivity contribution in [2.45, 2.75) is 6.54 Å². The molecule has 7 heteroatoms. The maximum Gasteiger partial charge on any atom is 0.421 e. The molecule has 3 heterocycles. The molecule has 3 aromatic heterocycles. The number of carboxylic acids is 1. The van der Waals surface area contributed by atoms with Gasteiger partial charge in [-0.2, -0.15) is 0 Å². The van der Waals surface area contributed by atoms with E-state index in [-0.39, 0.29) is 11.4 Å². The highest BCUT2D eigenvalue weighted by atomic mass is 32.1. The van der Waals surface area contributed by atoms with E-state index in [2.05, 4.69) is 4.98 Å². The maximum atomic E-state index is 11.7. The van der Waals surface area contributed by atoms with Crippen LogP contribution in [0.25, 0.3) is 11.2 Å². The molecule has 0 radical (unpaired) electrons. The van der Waals surface area contributed by atoms with Gasteiger partial charge < -0.3 is 9.52 Å². The average molecular weight is 276 g/mol. The van der Waals surface area contributed by atoms with Crippen LogP contribution in [-0.2, 0) is 6.54 Å². The molecule has 0 aliphatic rings. The molecule has 6 nitrogen and oxygen atoms in total. The van der Waals surface area contributed by atoms with Crippen molar-refractivity contribution in [1.82, 2.24) is 9.55 Å². The summed E-state index contributed by atoms with van der Waals surface area (Å²) >= 11 is 1.13. The first-order chi connectivity index (χ1) is 9.15. The zero-order valence-corrected chi connectivity index (χ0v) is 10.4. The third-order valence-electron chi connectivity index (χ3n) is 2.61. The second-order valence-electron chi connectivity index (χ2n) is 3.85. The van der Waals surface area contributed by atoms with E-state index in [1.807, 2.05) is 0 Å². The summed E-state index contributed by atoms with van der Waals surface area (Å²) in [6.07, 6.45) is 1.57. The highest BCUT2D eigenvalue weighted by Crippen LogP contribution is 2.19. The summed E-state index contributed by atoms with van der Waals surface area (Å²) in [4.78, 5) is 27.6. The number of fused-ring (bicyclic) bond motifs is 1. The largest absolute Gasteiger partial charge is 0.477 e. The van der Waals surface area contributed by atoms with E-state index in [0.29, 0.717) is 11.2 Å². The van der Waals surface area contributed by atoms with Crippen molar-refractivity contribution in [2.24, 2.45) is 0 Å². The van der Waals surface area contributed by atoms with Gasteiger partial charge in [0.1, 0.15) is 4.88 Å². The Morgan fingerprint density at radius 2 is 2.26 bits per heavy atom. The molecule has 96 valence electrons. The number of pyridine rings is 1. The fraction of sp³-hybridized carbons (Fsp3) is 0.0833. The molecular formula is C12H8N2O4S. The van der Waals surface area contributed by atoms with Crippen LogP contribution >= 0.6 is 11.3 Å². The van der Waals surface area contributed by atoms with Gasteiger partial charge in [0.25, 0.3) is 0 Å². The van der Waals surface area contributed by atoms with E-state index in [1.54, 1.807) is 24.4 Å².